The number of pyridine rings is 1. The fourth-order valence-electron chi connectivity index (χ4n) is 1.36. The normalized spacial score (nSPS) is 9.95. The van der Waals surface area contributed by atoms with E-state index in [0.29, 0.717) is 13.2 Å². The molecule has 7 nitrogen and oxygen atoms in total. The van der Waals surface area contributed by atoms with E-state index < -0.39 is 5.91 Å². The summed E-state index contributed by atoms with van der Waals surface area (Å²) in [6, 6.07) is 1.27. The van der Waals surface area contributed by atoms with Gasteiger partial charge in [-0.25, -0.2) is 0 Å². The van der Waals surface area contributed by atoms with Crippen LogP contribution in [0.2, 0.25) is 0 Å². The van der Waals surface area contributed by atoms with Crippen LogP contribution in [0.4, 0.5) is 0 Å². The van der Waals surface area contributed by atoms with Crippen LogP contribution in [0.3, 0.4) is 0 Å². The van der Waals surface area contributed by atoms with Gasteiger partial charge in [0.05, 0.1) is 6.61 Å². The Kier molecular flexibility index (Phi) is 6.31. The molecule has 1 heterocycles. The highest BCUT2D eigenvalue weighted by Gasteiger charge is 2.09. The summed E-state index contributed by atoms with van der Waals surface area (Å²) < 4.78 is 4.78. The van der Waals surface area contributed by atoms with E-state index in [-0.39, 0.29) is 29.9 Å². The minimum Gasteiger partial charge on any atom is -0.383 e. The molecule has 7 heteroatoms. The summed E-state index contributed by atoms with van der Waals surface area (Å²) in [7, 11) is 1.55. The zero-order valence-corrected chi connectivity index (χ0v) is 10.7. The Morgan fingerprint density at radius 1 is 1.32 bits per heavy atom. The Labute approximate surface area is 110 Å². The summed E-state index contributed by atoms with van der Waals surface area (Å²) in [5, 5.41) is 5.14. The highest BCUT2D eigenvalue weighted by atomic mass is 16.5. The molecule has 0 saturated heterocycles. The summed E-state index contributed by atoms with van der Waals surface area (Å²) in [5.41, 5.74) is -0.330. The van der Waals surface area contributed by atoms with Gasteiger partial charge in [0.15, 0.2) is 5.43 Å². The molecule has 0 bridgehead atoms. The standard InChI is InChI=1S/C12H17N3O4/c1-19-7-6-14-11(17)3-5-15-12(18)9-8-13-4-2-10(9)16/h2,4,8H,3,5-7H2,1H3,(H,13,16)(H,14,17)(H,15,18). The minimum absolute atomic E-state index is 0.0299. The number of ether oxygens (including phenoxy) is 1. The molecule has 3 N–H and O–H groups in total. The predicted molar refractivity (Wildman–Crippen MR) is 68.9 cm³/mol. The van der Waals surface area contributed by atoms with Gasteiger partial charge in [-0.05, 0) is 0 Å². The molecule has 0 fully saturated rings. The largest absolute Gasteiger partial charge is 0.383 e. The van der Waals surface area contributed by atoms with Gasteiger partial charge < -0.3 is 20.4 Å². The topological polar surface area (TPSA) is 100 Å². The molecule has 0 aliphatic carbocycles. The lowest BCUT2D eigenvalue weighted by molar-refractivity contribution is -0.121. The molecular formula is C12H17N3O4. The number of aromatic amines is 1. The van der Waals surface area contributed by atoms with Crippen LogP contribution in [-0.2, 0) is 9.53 Å². The molecule has 0 aromatic carbocycles. The maximum absolute atomic E-state index is 11.6. The Bertz CT molecular complexity index is 484. The third kappa shape index (κ3) is 5.35. The van der Waals surface area contributed by atoms with Crippen molar-refractivity contribution in [1.82, 2.24) is 15.6 Å². The van der Waals surface area contributed by atoms with Crippen LogP contribution in [0.15, 0.2) is 23.3 Å². The smallest absolute Gasteiger partial charge is 0.256 e. The molecule has 1 rings (SSSR count). The summed E-state index contributed by atoms with van der Waals surface area (Å²) in [6.07, 6.45) is 2.93. The van der Waals surface area contributed by atoms with Crippen molar-refractivity contribution in [3.05, 3.63) is 34.2 Å². The lowest BCUT2D eigenvalue weighted by Gasteiger charge is -2.06. The molecule has 2 amide bonds. The van der Waals surface area contributed by atoms with E-state index in [2.05, 4.69) is 15.6 Å². The zero-order valence-electron chi connectivity index (χ0n) is 10.7. The average Bonchev–Trinajstić information content (AvgIpc) is 2.39. The van der Waals surface area contributed by atoms with Crippen LogP contribution < -0.4 is 16.1 Å². The fraction of sp³-hybridized carbons (Fsp3) is 0.417. The van der Waals surface area contributed by atoms with Gasteiger partial charge in [-0.2, -0.15) is 0 Å². The maximum atomic E-state index is 11.6. The Hall–Kier alpha value is -2.15. The molecular weight excluding hydrogens is 250 g/mol. The zero-order chi connectivity index (χ0) is 14.1. The first-order valence-electron chi connectivity index (χ1n) is 5.86. The molecule has 0 spiro atoms. The summed E-state index contributed by atoms with van der Waals surface area (Å²) in [6.45, 7) is 1.05. The predicted octanol–water partition coefficient (Wildman–Crippen LogP) is -0.743. The van der Waals surface area contributed by atoms with Gasteiger partial charge in [0.25, 0.3) is 5.91 Å². The van der Waals surface area contributed by atoms with Gasteiger partial charge in [-0.1, -0.05) is 0 Å². The number of amides is 2. The third-order valence-electron chi connectivity index (χ3n) is 2.33. The molecule has 0 atom stereocenters. The van der Waals surface area contributed by atoms with E-state index in [1.165, 1.54) is 18.5 Å². The van der Waals surface area contributed by atoms with Gasteiger partial charge in [-0.3, -0.25) is 14.4 Å². The fourth-order valence-corrected chi connectivity index (χ4v) is 1.36. The lowest BCUT2D eigenvalue weighted by Crippen LogP contribution is -2.33. The molecule has 0 saturated carbocycles. The van der Waals surface area contributed by atoms with E-state index >= 15 is 0 Å². The van der Waals surface area contributed by atoms with Crippen LogP contribution in [0.5, 0.6) is 0 Å². The van der Waals surface area contributed by atoms with E-state index in [9.17, 15) is 14.4 Å². The van der Waals surface area contributed by atoms with Crippen molar-refractivity contribution >= 4 is 11.8 Å². The molecule has 0 radical (unpaired) electrons. The van der Waals surface area contributed by atoms with Gasteiger partial charge in [0, 0.05) is 45.1 Å². The van der Waals surface area contributed by atoms with Gasteiger partial charge in [-0.15, -0.1) is 0 Å². The minimum atomic E-state index is -0.494. The van der Waals surface area contributed by atoms with Crippen molar-refractivity contribution in [1.29, 1.82) is 0 Å². The molecule has 0 aliphatic heterocycles. The third-order valence-corrected chi connectivity index (χ3v) is 2.33. The van der Waals surface area contributed by atoms with Gasteiger partial charge in [0.2, 0.25) is 5.91 Å². The summed E-state index contributed by atoms with van der Waals surface area (Å²) in [4.78, 5) is 37.0. The first-order valence-corrected chi connectivity index (χ1v) is 5.86. The van der Waals surface area contributed by atoms with E-state index in [1.54, 1.807) is 7.11 Å². The molecule has 19 heavy (non-hydrogen) atoms. The SMILES string of the molecule is COCCNC(=O)CCNC(=O)c1c[nH]ccc1=O. The van der Waals surface area contributed by atoms with Crippen molar-refractivity contribution < 1.29 is 14.3 Å². The summed E-state index contributed by atoms with van der Waals surface area (Å²) >= 11 is 0. The van der Waals surface area contributed by atoms with Gasteiger partial charge in [0.1, 0.15) is 5.56 Å². The Balaban J connectivity index is 2.30. The van der Waals surface area contributed by atoms with Crippen molar-refractivity contribution in [2.45, 2.75) is 6.42 Å². The number of hydrogen-bond donors (Lipinski definition) is 3. The number of aromatic nitrogens is 1. The number of carbonyl (C=O) groups excluding carboxylic acids is 2. The second-order valence-corrected chi connectivity index (χ2v) is 3.77. The van der Waals surface area contributed by atoms with E-state index in [4.69, 9.17) is 4.74 Å². The van der Waals surface area contributed by atoms with Crippen LogP contribution in [0.25, 0.3) is 0 Å². The first kappa shape index (κ1) is 14.9. The lowest BCUT2D eigenvalue weighted by atomic mass is 10.2. The quantitative estimate of drug-likeness (QED) is 0.566. The van der Waals surface area contributed by atoms with E-state index in [1.807, 2.05) is 0 Å². The summed E-state index contributed by atoms with van der Waals surface area (Å²) in [5.74, 6) is -0.675. The number of methoxy groups -OCH3 is 1. The second-order valence-electron chi connectivity index (χ2n) is 3.77. The first-order chi connectivity index (χ1) is 9.15. The molecule has 0 unspecified atom stereocenters. The number of rotatable bonds is 7. The Morgan fingerprint density at radius 2 is 2.11 bits per heavy atom. The van der Waals surface area contributed by atoms with Crippen molar-refractivity contribution in [3.63, 3.8) is 0 Å². The van der Waals surface area contributed by atoms with Crippen molar-refractivity contribution in [2.24, 2.45) is 0 Å². The number of H-pyrrole nitrogens is 1. The highest BCUT2D eigenvalue weighted by molar-refractivity contribution is 5.93. The Morgan fingerprint density at radius 3 is 2.79 bits per heavy atom. The molecule has 0 aliphatic rings. The second kappa shape index (κ2) is 8.04. The number of hydrogen-bond acceptors (Lipinski definition) is 4. The average molecular weight is 267 g/mol. The van der Waals surface area contributed by atoms with Crippen molar-refractivity contribution in [2.75, 3.05) is 26.8 Å². The van der Waals surface area contributed by atoms with E-state index in [0.717, 1.165) is 0 Å². The molecule has 104 valence electrons. The van der Waals surface area contributed by atoms with Crippen molar-refractivity contribution in [3.8, 4) is 0 Å². The molecule has 1 aromatic rings. The molecule has 1 aromatic heterocycles. The number of carbonyl (C=O) groups is 2. The van der Waals surface area contributed by atoms with Crippen LogP contribution in [0, 0.1) is 0 Å². The highest BCUT2D eigenvalue weighted by Crippen LogP contribution is 1.88. The van der Waals surface area contributed by atoms with Crippen LogP contribution >= 0.6 is 0 Å². The maximum Gasteiger partial charge on any atom is 0.256 e. The van der Waals surface area contributed by atoms with Crippen LogP contribution in [0.1, 0.15) is 16.8 Å². The van der Waals surface area contributed by atoms with Crippen LogP contribution in [-0.4, -0.2) is 43.6 Å². The number of nitrogens with one attached hydrogen (secondary N) is 3. The van der Waals surface area contributed by atoms with Gasteiger partial charge >= 0.3 is 0 Å². The monoisotopic (exact) mass is 267 g/mol.